The van der Waals surface area contributed by atoms with Crippen LogP contribution in [0.1, 0.15) is 68.5 Å². The van der Waals surface area contributed by atoms with Gasteiger partial charge < -0.3 is 5.32 Å². The molecule has 1 amide bonds. The lowest BCUT2D eigenvalue weighted by molar-refractivity contribution is -0.119. The summed E-state index contributed by atoms with van der Waals surface area (Å²) < 4.78 is 13.6. The molecule has 2 aliphatic rings. The minimum Gasteiger partial charge on any atom is -0.357 e. The van der Waals surface area contributed by atoms with Gasteiger partial charge in [-0.25, -0.2) is 4.39 Å². The van der Waals surface area contributed by atoms with Gasteiger partial charge >= 0.3 is 0 Å². The number of carbonyl (C=O) groups excluding carboxylic acids is 2. The molecule has 2 atom stereocenters. The van der Waals surface area contributed by atoms with Gasteiger partial charge in [-0.1, -0.05) is 73.8 Å². The number of carbonyl (C=O) groups is 2. The van der Waals surface area contributed by atoms with Crippen molar-refractivity contribution in [1.29, 1.82) is 0 Å². The monoisotopic (exact) mass is 516 g/mol. The number of allylic oxidation sites excluding steroid dienone is 1. The molecule has 0 saturated heterocycles. The first-order chi connectivity index (χ1) is 18.0. The summed E-state index contributed by atoms with van der Waals surface area (Å²) in [6.07, 6.45) is 3.99. The number of anilines is 2. The Labute approximate surface area is 222 Å². The number of halogens is 2. The Balaban J connectivity index is 1.67. The molecular formula is C31H30ClFN2O2. The average molecular weight is 517 g/mol. The average Bonchev–Trinajstić information content (AvgIpc) is 3.04. The molecule has 37 heavy (non-hydrogen) atoms. The molecule has 0 saturated carbocycles. The molecule has 6 heteroatoms. The van der Waals surface area contributed by atoms with Gasteiger partial charge in [-0.3, -0.25) is 14.5 Å². The summed E-state index contributed by atoms with van der Waals surface area (Å²) in [7, 11) is 0. The first-order valence-electron chi connectivity index (χ1n) is 12.9. The molecule has 3 aromatic rings. The van der Waals surface area contributed by atoms with Gasteiger partial charge in [0.05, 0.1) is 17.4 Å². The third-order valence-corrected chi connectivity index (χ3v) is 7.64. The van der Waals surface area contributed by atoms with Crippen molar-refractivity contribution in [2.75, 3.05) is 10.2 Å². The van der Waals surface area contributed by atoms with Crippen molar-refractivity contribution in [1.82, 2.24) is 0 Å². The number of fused-ring (bicyclic) bond motifs is 1. The number of benzene rings is 3. The van der Waals surface area contributed by atoms with Gasteiger partial charge in [-0.2, -0.15) is 0 Å². The Morgan fingerprint density at radius 1 is 1.00 bits per heavy atom. The standard InChI is InChI=1S/C31H30ClFN2O2/c1-2-3-4-13-29(37)35-27-12-8-7-11-25(27)34-26-18-21(20-14-16-22(33)17-15-20)19-28(36)30(26)31(35)23-9-5-6-10-24(23)32/h5-12,14-17,21,31,34H,2-4,13,18-19H2,1H3. The zero-order valence-corrected chi connectivity index (χ0v) is 21.6. The van der Waals surface area contributed by atoms with Crippen molar-refractivity contribution in [2.24, 2.45) is 0 Å². The summed E-state index contributed by atoms with van der Waals surface area (Å²) in [6, 6.07) is 20.8. The zero-order valence-electron chi connectivity index (χ0n) is 20.8. The second-order valence-corrected chi connectivity index (χ2v) is 10.2. The molecule has 0 fully saturated rings. The largest absolute Gasteiger partial charge is 0.357 e. The maximum absolute atomic E-state index is 14.0. The van der Waals surface area contributed by atoms with Crippen LogP contribution in [0.25, 0.3) is 0 Å². The van der Waals surface area contributed by atoms with E-state index in [0.717, 1.165) is 47.5 Å². The number of Topliss-reactive ketones (excluding diaryl/α,β-unsaturated/α-hetero) is 1. The Hall–Kier alpha value is -3.44. The molecule has 2 unspecified atom stereocenters. The van der Waals surface area contributed by atoms with Crippen LogP contribution in [-0.2, 0) is 9.59 Å². The fourth-order valence-electron chi connectivity index (χ4n) is 5.47. The highest BCUT2D eigenvalue weighted by Crippen LogP contribution is 2.48. The highest BCUT2D eigenvalue weighted by atomic mass is 35.5. The first-order valence-corrected chi connectivity index (χ1v) is 13.3. The molecule has 0 aromatic heterocycles. The van der Waals surface area contributed by atoms with Crippen molar-refractivity contribution in [3.05, 3.63) is 106 Å². The number of unbranched alkanes of at least 4 members (excludes halogenated alkanes) is 2. The molecule has 190 valence electrons. The van der Waals surface area contributed by atoms with Crippen LogP contribution in [0.2, 0.25) is 5.02 Å². The van der Waals surface area contributed by atoms with Gasteiger partial charge in [0, 0.05) is 29.1 Å². The molecule has 5 rings (SSSR count). The number of amides is 1. The van der Waals surface area contributed by atoms with Gasteiger partial charge in [0.15, 0.2) is 5.78 Å². The van der Waals surface area contributed by atoms with E-state index in [0.29, 0.717) is 23.4 Å². The summed E-state index contributed by atoms with van der Waals surface area (Å²) in [5.41, 5.74) is 4.52. The Morgan fingerprint density at radius 2 is 1.73 bits per heavy atom. The van der Waals surface area contributed by atoms with Gasteiger partial charge in [0.25, 0.3) is 0 Å². The zero-order chi connectivity index (χ0) is 25.9. The van der Waals surface area contributed by atoms with Crippen LogP contribution in [0, 0.1) is 5.82 Å². The number of rotatable bonds is 6. The van der Waals surface area contributed by atoms with Crippen molar-refractivity contribution in [3.8, 4) is 0 Å². The summed E-state index contributed by atoms with van der Waals surface area (Å²) in [5, 5.41) is 4.03. The van der Waals surface area contributed by atoms with Crippen molar-refractivity contribution in [3.63, 3.8) is 0 Å². The lowest BCUT2D eigenvalue weighted by Crippen LogP contribution is -2.38. The third kappa shape index (κ3) is 5.05. The van der Waals surface area contributed by atoms with Crippen molar-refractivity contribution < 1.29 is 14.0 Å². The smallest absolute Gasteiger partial charge is 0.227 e. The molecule has 1 heterocycles. The van der Waals surface area contributed by atoms with Crippen LogP contribution in [0.15, 0.2) is 84.1 Å². The van der Waals surface area contributed by atoms with E-state index in [2.05, 4.69) is 12.2 Å². The fourth-order valence-corrected chi connectivity index (χ4v) is 5.71. The second kappa shape index (κ2) is 10.9. The number of hydrogen-bond acceptors (Lipinski definition) is 3. The quantitative estimate of drug-likeness (QED) is 0.338. The summed E-state index contributed by atoms with van der Waals surface area (Å²) >= 11 is 6.73. The van der Waals surface area contributed by atoms with Gasteiger partial charge in [0.1, 0.15) is 5.82 Å². The first kappa shape index (κ1) is 25.2. The molecule has 1 aliphatic heterocycles. The van der Waals surface area contributed by atoms with E-state index in [1.54, 1.807) is 23.1 Å². The van der Waals surface area contributed by atoms with Crippen LogP contribution < -0.4 is 10.2 Å². The van der Waals surface area contributed by atoms with Gasteiger partial charge in [-0.05, 0) is 60.2 Å². The maximum atomic E-state index is 14.0. The van der Waals surface area contributed by atoms with E-state index >= 15 is 0 Å². The molecule has 1 N–H and O–H groups in total. The van der Waals surface area contributed by atoms with Crippen LogP contribution >= 0.6 is 11.6 Å². The molecule has 0 bridgehead atoms. The lowest BCUT2D eigenvalue weighted by atomic mass is 9.78. The van der Waals surface area contributed by atoms with Crippen LogP contribution in [0.5, 0.6) is 0 Å². The highest BCUT2D eigenvalue weighted by Gasteiger charge is 2.42. The van der Waals surface area contributed by atoms with Crippen molar-refractivity contribution >= 4 is 34.7 Å². The number of para-hydroxylation sites is 2. The third-order valence-electron chi connectivity index (χ3n) is 7.29. The number of nitrogens with zero attached hydrogens (tertiary/aromatic N) is 1. The Kier molecular flexibility index (Phi) is 7.43. The summed E-state index contributed by atoms with van der Waals surface area (Å²) in [6.45, 7) is 2.11. The van der Waals surface area contributed by atoms with Crippen molar-refractivity contribution in [2.45, 2.75) is 57.4 Å². The lowest BCUT2D eigenvalue weighted by Gasteiger charge is -2.35. The van der Waals surface area contributed by atoms with E-state index in [4.69, 9.17) is 11.6 Å². The molecule has 1 aliphatic carbocycles. The summed E-state index contributed by atoms with van der Waals surface area (Å²) in [5.74, 6) is -0.462. The molecule has 0 spiro atoms. The molecular weight excluding hydrogens is 487 g/mol. The second-order valence-electron chi connectivity index (χ2n) is 9.76. The Morgan fingerprint density at radius 3 is 2.49 bits per heavy atom. The molecule has 3 aromatic carbocycles. The van der Waals surface area contributed by atoms with Crippen LogP contribution in [0.4, 0.5) is 15.8 Å². The Bertz CT molecular complexity index is 1350. The summed E-state index contributed by atoms with van der Waals surface area (Å²) in [4.78, 5) is 29.6. The normalized spacial score (nSPS) is 19.1. The number of ketones is 1. The molecule has 4 nitrogen and oxygen atoms in total. The minimum atomic E-state index is -0.643. The van der Waals surface area contributed by atoms with E-state index < -0.39 is 6.04 Å². The van der Waals surface area contributed by atoms with Gasteiger partial charge in [0.2, 0.25) is 5.91 Å². The van der Waals surface area contributed by atoms with E-state index in [9.17, 15) is 14.0 Å². The van der Waals surface area contributed by atoms with Crippen LogP contribution in [0.3, 0.4) is 0 Å². The maximum Gasteiger partial charge on any atom is 0.227 e. The number of hydrogen-bond donors (Lipinski definition) is 1. The van der Waals surface area contributed by atoms with E-state index in [1.165, 1.54) is 12.1 Å². The van der Waals surface area contributed by atoms with E-state index in [-0.39, 0.29) is 29.8 Å². The van der Waals surface area contributed by atoms with Crippen LogP contribution in [-0.4, -0.2) is 11.7 Å². The predicted octanol–water partition coefficient (Wildman–Crippen LogP) is 7.96. The number of nitrogens with one attached hydrogen (secondary N) is 1. The topological polar surface area (TPSA) is 49.4 Å². The predicted molar refractivity (Wildman–Crippen MR) is 146 cm³/mol. The fraction of sp³-hybridized carbons (Fsp3) is 0.290. The molecule has 0 radical (unpaired) electrons. The highest BCUT2D eigenvalue weighted by molar-refractivity contribution is 6.31. The minimum absolute atomic E-state index is 0.0326. The SMILES string of the molecule is CCCCCC(=O)N1c2ccccc2NC2=C(C(=O)CC(c3ccc(F)cc3)C2)C1c1ccccc1Cl. The van der Waals surface area contributed by atoms with Gasteiger partial charge in [-0.15, -0.1) is 0 Å². The van der Waals surface area contributed by atoms with E-state index in [1.807, 2.05) is 42.5 Å².